The van der Waals surface area contributed by atoms with Gasteiger partial charge in [-0.15, -0.1) is 0 Å². The molecule has 0 heterocycles. The number of rotatable bonds is 8. The zero-order valence-electron chi connectivity index (χ0n) is 17.4. The number of benzene rings is 2. The molecule has 0 radical (unpaired) electrons. The summed E-state index contributed by atoms with van der Waals surface area (Å²) in [7, 11) is 0. The van der Waals surface area contributed by atoms with E-state index in [1.54, 1.807) is 13.8 Å². The lowest BCUT2D eigenvalue weighted by Crippen LogP contribution is -2.32. The zero-order valence-corrected chi connectivity index (χ0v) is 17.4. The molecule has 3 nitrogen and oxygen atoms in total. The highest BCUT2D eigenvalue weighted by Gasteiger charge is 2.31. The van der Waals surface area contributed by atoms with Gasteiger partial charge in [-0.25, -0.2) is 8.78 Å². The molecule has 0 fully saturated rings. The van der Waals surface area contributed by atoms with Crippen LogP contribution in [0.1, 0.15) is 43.9 Å². The van der Waals surface area contributed by atoms with Crippen molar-refractivity contribution in [3.8, 4) is 5.75 Å². The summed E-state index contributed by atoms with van der Waals surface area (Å²) in [6.45, 7) is 5.24. The van der Waals surface area contributed by atoms with Crippen molar-refractivity contribution in [2.45, 2.75) is 51.9 Å². The number of carbonyl (C=O) groups is 1. The second kappa shape index (κ2) is 10.4. The first kappa shape index (κ1) is 24.4. The number of carbonyl (C=O) groups excluding carboxylic acids is 1. The predicted octanol–water partition coefficient (Wildman–Crippen LogP) is 5.92. The highest BCUT2D eigenvalue weighted by Crippen LogP contribution is 2.34. The Balaban J connectivity index is 2.11. The number of amides is 1. The van der Waals surface area contributed by atoms with Gasteiger partial charge in [0.05, 0.1) is 11.7 Å². The first-order chi connectivity index (χ1) is 14.5. The summed E-state index contributed by atoms with van der Waals surface area (Å²) in [5.74, 6) is -1.88. The maximum atomic E-state index is 13.3. The second-order valence-corrected chi connectivity index (χ2v) is 7.31. The third-order valence-electron chi connectivity index (χ3n) is 4.51. The van der Waals surface area contributed by atoms with Gasteiger partial charge in [-0.2, -0.15) is 13.2 Å². The van der Waals surface area contributed by atoms with Crippen LogP contribution in [0, 0.1) is 11.6 Å². The van der Waals surface area contributed by atoms with E-state index in [4.69, 9.17) is 4.74 Å². The standard InChI is InChI=1S/C23H24F5NO2/c1-4-15(3)31-21-12-18(23(26,27)28)7-5-17(21)6-8-22(30)29-14(2)9-16-10-19(24)13-20(25)11-16/h5-8,10-15H,4,9H2,1-3H3,(H,29,30)/b8-6+. The molecule has 0 saturated heterocycles. The number of ether oxygens (including phenoxy) is 1. The van der Waals surface area contributed by atoms with Gasteiger partial charge in [-0.1, -0.05) is 13.0 Å². The van der Waals surface area contributed by atoms with Crippen LogP contribution < -0.4 is 10.1 Å². The van der Waals surface area contributed by atoms with Crippen LogP contribution in [0.5, 0.6) is 5.75 Å². The molecule has 2 atom stereocenters. The summed E-state index contributed by atoms with van der Waals surface area (Å²) in [5, 5.41) is 2.65. The second-order valence-electron chi connectivity index (χ2n) is 7.31. The first-order valence-corrected chi connectivity index (χ1v) is 9.79. The van der Waals surface area contributed by atoms with Crippen LogP contribution in [0.4, 0.5) is 22.0 Å². The summed E-state index contributed by atoms with van der Waals surface area (Å²) >= 11 is 0. The summed E-state index contributed by atoms with van der Waals surface area (Å²) < 4.78 is 71.2. The Morgan fingerprint density at radius 1 is 1.10 bits per heavy atom. The van der Waals surface area contributed by atoms with Gasteiger partial charge in [0, 0.05) is 23.7 Å². The predicted molar refractivity (Wildman–Crippen MR) is 109 cm³/mol. The van der Waals surface area contributed by atoms with Crippen molar-refractivity contribution in [1.29, 1.82) is 0 Å². The fourth-order valence-electron chi connectivity index (χ4n) is 2.84. The zero-order chi connectivity index (χ0) is 23.2. The molecular weight excluding hydrogens is 417 g/mol. The van der Waals surface area contributed by atoms with E-state index in [0.717, 1.165) is 18.2 Å². The fraction of sp³-hybridized carbons (Fsp3) is 0.348. The monoisotopic (exact) mass is 441 g/mol. The van der Waals surface area contributed by atoms with Crippen LogP contribution in [-0.4, -0.2) is 18.1 Å². The van der Waals surface area contributed by atoms with Crippen molar-refractivity contribution in [1.82, 2.24) is 5.32 Å². The molecule has 31 heavy (non-hydrogen) atoms. The topological polar surface area (TPSA) is 38.3 Å². The number of hydrogen-bond acceptors (Lipinski definition) is 2. The number of halogens is 5. The van der Waals surface area contributed by atoms with E-state index in [1.807, 2.05) is 6.92 Å². The van der Waals surface area contributed by atoms with E-state index in [1.165, 1.54) is 30.4 Å². The van der Waals surface area contributed by atoms with Crippen molar-refractivity contribution >= 4 is 12.0 Å². The van der Waals surface area contributed by atoms with Gasteiger partial charge >= 0.3 is 6.18 Å². The van der Waals surface area contributed by atoms with Gasteiger partial charge < -0.3 is 10.1 Å². The molecule has 0 aliphatic heterocycles. The van der Waals surface area contributed by atoms with E-state index in [2.05, 4.69) is 5.32 Å². The Hall–Kier alpha value is -2.90. The quantitative estimate of drug-likeness (QED) is 0.408. The van der Waals surface area contributed by atoms with Gasteiger partial charge in [0.25, 0.3) is 0 Å². The van der Waals surface area contributed by atoms with Gasteiger partial charge in [-0.3, -0.25) is 4.79 Å². The molecule has 0 aromatic heterocycles. The molecule has 2 aromatic rings. The highest BCUT2D eigenvalue weighted by molar-refractivity contribution is 5.92. The van der Waals surface area contributed by atoms with Crippen molar-refractivity contribution in [2.24, 2.45) is 0 Å². The molecule has 1 amide bonds. The van der Waals surface area contributed by atoms with Crippen LogP contribution in [0.3, 0.4) is 0 Å². The van der Waals surface area contributed by atoms with Crippen LogP contribution in [0.25, 0.3) is 6.08 Å². The van der Waals surface area contributed by atoms with E-state index >= 15 is 0 Å². The number of hydrogen-bond donors (Lipinski definition) is 1. The van der Waals surface area contributed by atoms with Crippen LogP contribution in [-0.2, 0) is 17.4 Å². The van der Waals surface area contributed by atoms with E-state index in [9.17, 15) is 26.7 Å². The molecule has 0 saturated carbocycles. The molecule has 1 N–H and O–H groups in total. The molecule has 168 valence electrons. The van der Waals surface area contributed by atoms with E-state index in [-0.39, 0.29) is 18.3 Å². The molecule has 0 bridgehead atoms. The highest BCUT2D eigenvalue weighted by atomic mass is 19.4. The third-order valence-corrected chi connectivity index (χ3v) is 4.51. The average molecular weight is 441 g/mol. The summed E-state index contributed by atoms with van der Waals surface area (Å²) in [6, 6.07) is 5.77. The van der Waals surface area contributed by atoms with Gasteiger partial charge in [-0.05, 0) is 62.6 Å². The minimum Gasteiger partial charge on any atom is -0.490 e. The number of alkyl halides is 3. The lowest BCUT2D eigenvalue weighted by atomic mass is 10.1. The first-order valence-electron chi connectivity index (χ1n) is 9.79. The van der Waals surface area contributed by atoms with Crippen molar-refractivity contribution in [3.05, 3.63) is 70.8 Å². The summed E-state index contributed by atoms with van der Waals surface area (Å²) in [4.78, 5) is 12.2. The molecule has 0 aliphatic rings. The Kier molecular flexibility index (Phi) is 8.19. The average Bonchev–Trinajstić information content (AvgIpc) is 2.65. The Bertz CT molecular complexity index is 920. The minimum atomic E-state index is -4.51. The fourth-order valence-corrected chi connectivity index (χ4v) is 2.84. The summed E-state index contributed by atoms with van der Waals surface area (Å²) in [6.07, 6.45) is -1.49. The van der Waals surface area contributed by atoms with Gasteiger partial charge in [0.1, 0.15) is 17.4 Å². The molecule has 2 rings (SSSR count). The lowest BCUT2D eigenvalue weighted by molar-refractivity contribution is -0.137. The van der Waals surface area contributed by atoms with Crippen LogP contribution >= 0.6 is 0 Å². The SMILES string of the molecule is CCC(C)Oc1cc(C(F)(F)F)ccc1/C=C/C(=O)NC(C)Cc1cc(F)cc(F)c1. The molecule has 0 spiro atoms. The van der Waals surface area contributed by atoms with E-state index in [0.29, 0.717) is 17.5 Å². The molecule has 8 heteroatoms. The lowest BCUT2D eigenvalue weighted by Gasteiger charge is -2.17. The smallest absolute Gasteiger partial charge is 0.416 e. The molecule has 2 unspecified atom stereocenters. The van der Waals surface area contributed by atoms with Crippen LogP contribution in [0.2, 0.25) is 0 Å². The van der Waals surface area contributed by atoms with Crippen LogP contribution in [0.15, 0.2) is 42.5 Å². The Morgan fingerprint density at radius 2 is 1.74 bits per heavy atom. The maximum Gasteiger partial charge on any atom is 0.416 e. The largest absolute Gasteiger partial charge is 0.490 e. The van der Waals surface area contributed by atoms with Crippen molar-refractivity contribution < 1.29 is 31.5 Å². The third kappa shape index (κ3) is 7.70. The molecule has 2 aromatic carbocycles. The maximum absolute atomic E-state index is 13.3. The van der Waals surface area contributed by atoms with Crippen molar-refractivity contribution in [2.75, 3.05) is 0 Å². The molecular formula is C23H24F5NO2. The Labute approximate surface area is 177 Å². The van der Waals surface area contributed by atoms with Gasteiger partial charge in [0.15, 0.2) is 0 Å². The van der Waals surface area contributed by atoms with E-state index < -0.39 is 35.3 Å². The van der Waals surface area contributed by atoms with Crippen molar-refractivity contribution in [3.63, 3.8) is 0 Å². The Morgan fingerprint density at radius 3 is 2.32 bits per heavy atom. The minimum absolute atomic E-state index is 0.0245. The summed E-state index contributed by atoms with van der Waals surface area (Å²) in [5.41, 5.74) is -0.132. The number of nitrogens with one attached hydrogen (secondary N) is 1. The molecule has 0 aliphatic carbocycles. The normalized spacial score (nSPS) is 13.8. The van der Waals surface area contributed by atoms with Gasteiger partial charge in [0.2, 0.25) is 5.91 Å².